The number of nitro benzene ring substituents is 1. The summed E-state index contributed by atoms with van der Waals surface area (Å²) in [5, 5.41) is 12.3. The number of benzene rings is 2. The van der Waals surface area contributed by atoms with Gasteiger partial charge in [0.15, 0.2) is 0 Å². The molecule has 0 spiro atoms. The molecule has 1 saturated heterocycles. The van der Waals surface area contributed by atoms with Crippen LogP contribution in [0.25, 0.3) is 6.08 Å². The molecule has 3 rings (SSSR count). The summed E-state index contributed by atoms with van der Waals surface area (Å²) in [5.41, 5.74) is -0.142. The monoisotopic (exact) mass is 419 g/mol. The van der Waals surface area contributed by atoms with Gasteiger partial charge < -0.3 is 5.32 Å². The molecule has 0 saturated carbocycles. The van der Waals surface area contributed by atoms with Crippen molar-refractivity contribution in [3.05, 3.63) is 74.7 Å². The van der Waals surface area contributed by atoms with Gasteiger partial charge in [0.1, 0.15) is 18.2 Å². The van der Waals surface area contributed by atoms with E-state index in [4.69, 9.17) is 0 Å². The summed E-state index contributed by atoms with van der Waals surface area (Å²) >= 11 is 0.569. The lowest BCUT2D eigenvalue weighted by Crippen LogP contribution is -2.36. The number of carbonyl (C=O) groups is 3. The molecule has 0 atom stereocenters. The summed E-state index contributed by atoms with van der Waals surface area (Å²) in [6.45, 7) is -0.673. The van der Waals surface area contributed by atoms with Gasteiger partial charge in [0, 0.05) is 18.2 Å². The summed E-state index contributed by atoms with van der Waals surface area (Å²) in [4.78, 5) is 47.4. The number of nitro groups is 1. The summed E-state index contributed by atoms with van der Waals surface area (Å²) in [5.74, 6) is -3.44. The van der Waals surface area contributed by atoms with Gasteiger partial charge in [-0.15, -0.1) is 0 Å². The largest absolute Gasteiger partial charge is 0.322 e. The Morgan fingerprint density at radius 3 is 2.66 bits per heavy atom. The quantitative estimate of drug-likeness (QED) is 0.451. The van der Waals surface area contributed by atoms with Crippen LogP contribution >= 0.6 is 11.8 Å². The molecule has 0 radical (unpaired) electrons. The molecule has 0 bridgehead atoms. The number of rotatable bonds is 5. The zero-order valence-corrected chi connectivity index (χ0v) is 15.2. The molecule has 148 valence electrons. The van der Waals surface area contributed by atoms with E-state index in [0.717, 1.165) is 12.1 Å². The van der Waals surface area contributed by atoms with E-state index in [1.807, 2.05) is 0 Å². The summed E-state index contributed by atoms with van der Waals surface area (Å²) in [6.07, 6.45) is 1.30. The van der Waals surface area contributed by atoms with E-state index >= 15 is 0 Å². The van der Waals surface area contributed by atoms with Crippen LogP contribution < -0.4 is 5.32 Å². The van der Waals surface area contributed by atoms with Crippen molar-refractivity contribution < 1.29 is 28.1 Å². The first-order valence-corrected chi connectivity index (χ1v) is 8.81. The van der Waals surface area contributed by atoms with Gasteiger partial charge in [-0.2, -0.15) is 0 Å². The van der Waals surface area contributed by atoms with E-state index in [2.05, 4.69) is 5.32 Å². The van der Waals surface area contributed by atoms with Crippen LogP contribution in [-0.2, 0) is 9.59 Å². The van der Waals surface area contributed by atoms with Gasteiger partial charge in [-0.1, -0.05) is 12.1 Å². The molecular weight excluding hydrogens is 408 g/mol. The fraction of sp³-hybridized carbons (Fsp3) is 0.0556. The Morgan fingerprint density at radius 1 is 1.21 bits per heavy atom. The van der Waals surface area contributed by atoms with E-state index in [-0.39, 0.29) is 16.3 Å². The highest BCUT2D eigenvalue weighted by Gasteiger charge is 2.36. The molecule has 0 unspecified atom stereocenters. The van der Waals surface area contributed by atoms with Crippen molar-refractivity contribution in [1.82, 2.24) is 4.90 Å². The highest BCUT2D eigenvalue weighted by atomic mass is 32.2. The standard InChI is InChI=1S/C18H11F2N3O5S/c19-11-4-5-14(13(20)8-11)21-16(24)9-22-17(25)15(29-18(22)26)7-10-2-1-3-12(6-10)23(27)28/h1-8H,9H2,(H,21,24)/b15-7+. The lowest BCUT2D eigenvalue weighted by Gasteiger charge is -2.12. The third-order valence-corrected chi connectivity index (χ3v) is 4.67. The number of carbonyl (C=O) groups excluding carboxylic acids is 3. The van der Waals surface area contributed by atoms with Crippen LogP contribution in [0.3, 0.4) is 0 Å². The Balaban J connectivity index is 1.72. The number of halogens is 2. The maximum Gasteiger partial charge on any atom is 0.294 e. The number of thioether (sulfide) groups is 1. The van der Waals surface area contributed by atoms with Crippen molar-refractivity contribution >= 4 is 46.3 Å². The van der Waals surface area contributed by atoms with Gasteiger partial charge in [0.25, 0.3) is 16.8 Å². The van der Waals surface area contributed by atoms with Gasteiger partial charge >= 0.3 is 0 Å². The van der Waals surface area contributed by atoms with Gasteiger partial charge in [0.05, 0.1) is 15.5 Å². The average Bonchev–Trinajstić information content (AvgIpc) is 2.91. The Kier molecular flexibility index (Phi) is 5.69. The Labute approximate surface area is 166 Å². The topological polar surface area (TPSA) is 110 Å². The van der Waals surface area contributed by atoms with Crippen LogP contribution in [-0.4, -0.2) is 33.4 Å². The molecule has 0 aromatic heterocycles. The maximum atomic E-state index is 13.6. The van der Waals surface area contributed by atoms with Crippen molar-refractivity contribution in [2.75, 3.05) is 11.9 Å². The SMILES string of the molecule is O=C(CN1C(=O)S/C(=C/c2cccc([N+](=O)[O-])c2)C1=O)Nc1ccc(F)cc1F. The summed E-state index contributed by atoms with van der Waals surface area (Å²) in [6, 6.07) is 8.00. The van der Waals surface area contributed by atoms with Gasteiger partial charge in [-0.25, -0.2) is 8.78 Å². The fourth-order valence-electron chi connectivity index (χ4n) is 2.44. The minimum Gasteiger partial charge on any atom is -0.322 e. The van der Waals surface area contributed by atoms with Crippen LogP contribution in [0.5, 0.6) is 0 Å². The Hall–Kier alpha value is -3.60. The van der Waals surface area contributed by atoms with Crippen molar-refractivity contribution in [2.45, 2.75) is 0 Å². The van der Waals surface area contributed by atoms with E-state index in [1.54, 1.807) is 0 Å². The third-order valence-electron chi connectivity index (χ3n) is 3.76. The van der Waals surface area contributed by atoms with Gasteiger partial charge in [0.2, 0.25) is 5.91 Å². The maximum absolute atomic E-state index is 13.6. The number of amides is 3. The van der Waals surface area contributed by atoms with Crippen molar-refractivity contribution in [1.29, 1.82) is 0 Å². The van der Waals surface area contributed by atoms with E-state index < -0.39 is 40.2 Å². The average molecular weight is 419 g/mol. The molecular formula is C18H11F2N3O5S. The first-order valence-electron chi connectivity index (χ1n) is 7.99. The summed E-state index contributed by atoms with van der Waals surface area (Å²) < 4.78 is 26.5. The van der Waals surface area contributed by atoms with Crippen LogP contribution in [0.15, 0.2) is 47.4 Å². The molecule has 3 amide bonds. The highest BCUT2D eigenvalue weighted by Crippen LogP contribution is 2.32. The minimum absolute atomic E-state index is 0.0174. The number of non-ortho nitro benzene ring substituents is 1. The predicted molar refractivity (Wildman–Crippen MR) is 101 cm³/mol. The highest BCUT2D eigenvalue weighted by molar-refractivity contribution is 8.18. The molecule has 0 aliphatic carbocycles. The number of hydrogen-bond donors (Lipinski definition) is 1. The third kappa shape index (κ3) is 4.63. The minimum atomic E-state index is -1.00. The number of hydrogen-bond acceptors (Lipinski definition) is 6. The van der Waals surface area contributed by atoms with Crippen LogP contribution in [0.1, 0.15) is 5.56 Å². The molecule has 2 aromatic rings. The fourth-order valence-corrected chi connectivity index (χ4v) is 3.28. The lowest BCUT2D eigenvalue weighted by molar-refractivity contribution is -0.384. The molecule has 11 heteroatoms. The predicted octanol–water partition coefficient (Wildman–Crippen LogP) is 3.55. The van der Waals surface area contributed by atoms with Crippen molar-refractivity contribution in [2.24, 2.45) is 0 Å². The molecule has 29 heavy (non-hydrogen) atoms. The van der Waals surface area contributed by atoms with Crippen molar-refractivity contribution in [3.8, 4) is 0 Å². The second kappa shape index (κ2) is 8.19. The Morgan fingerprint density at radius 2 is 1.97 bits per heavy atom. The number of nitrogens with one attached hydrogen (secondary N) is 1. The number of nitrogens with zero attached hydrogens (tertiary/aromatic N) is 2. The van der Waals surface area contributed by atoms with Crippen molar-refractivity contribution in [3.63, 3.8) is 0 Å². The smallest absolute Gasteiger partial charge is 0.294 e. The Bertz CT molecular complexity index is 1070. The van der Waals surface area contributed by atoms with Crippen LogP contribution in [0.2, 0.25) is 0 Å². The van der Waals surface area contributed by atoms with Crippen LogP contribution in [0, 0.1) is 21.7 Å². The first-order chi connectivity index (χ1) is 13.7. The first kappa shape index (κ1) is 20.1. The van der Waals surface area contributed by atoms with Crippen LogP contribution in [0.4, 0.5) is 25.0 Å². The van der Waals surface area contributed by atoms with Gasteiger partial charge in [-0.05, 0) is 35.5 Å². The molecule has 2 aromatic carbocycles. The molecule has 1 N–H and O–H groups in total. The second-order valence-corrected chi connectivity index (χ2v) is 6.79. The van der Waals surface area contributed by atoms with E-state index in [0.29, 0.717) is 28.3 Å². The number of anilines is 1. The van der Waals surface area contributed by atoms with Gasteiger partial charge in [-0.3, -0.25) is 29.4 Å². The molecule has 8 nitrogen and oxygen atoms in total. The summed E-state index contributed by atoms with van der Waals surface area (Å²) in [7, 11) is 0. The lowest BCUT2D eigenvalue weighted by atomic mass is 10.2. The number of imide groups is 1. The zero-order chi connectivity index (χ0) is 21.1. The molecule has 1 fully saturated rings. The normalized spacial score (nSPS) is 15.1. The van der Waals surface area contributed by atoms with E-state index in [9.17, 15) is 33.3 Å². The zero-order valence-electron chi connectivity index (χ0n) is 14.4. The van der Waals surface area contributed by atoms with E-state index in [1.165, 1.54) is 30.3 Å². The molecule has 1 aliphatic rings. The molecule has 1 aliphatic heterocycles. The second-order valence-electron chi connectivity index (χ2n) is 5.79. The molecule has 1 heterocycles.